The van der Waals surface area contributed by atoms with E-state index in [0.717, 1.165) is 14.7 Å². The molecule has 19 heavy (non-hydrogen) atoms. The molecule has 0 amide bonds. The Morgan fingerprint density at radius 1 is 1.26 bits per heavy atom. The highest BCUT2D eigenvalue weighted by molar-refractivity contribution is 14.1. The van der Waals surface area contributed by atoms with Crippen molar-refractivity contribution in [2.24, 2.45) is 5.84 Å². The van der Waals surface area contributed by atoms with Crippen molar-refractivity contribution in [1.82, 2.24) is 5.43 Å². The van der Waals surface area contributed by atoms with Crippen LogP contribution >= 0.6 is 38.5 Å². The van der Waals surface area contributed by atoms with Crippen molar-refractivity contribution < 1.29 is 4.39 Å². The SMILES string of the molecule is NNC(Cc1ccc(F)c(Br)c1)c1ccccc1I. The molecule has 0 saturated carbocycles. The molecule has 2 aromatic carbocycles. The third kappa shape index (κ3) is 3.75. The molecule has 2 aromatic rings. The van der Waals surface area contributed by atoms with Crippen LogP contribution in [0.3, 0.4) is 0 Å². The Morgan fingerprint density at radius 2 is 2.00 bits per heavy atom. The lowest BCUT2D eigenvalue weighted by Crippen LogP contribution is -2.30. The zero-order chi connectivity index (χ0) is 13.8. The van der Waals surface area contributed by atoms with Crippen LogP contribution in [-0.4, -0.2) is 0 Å². The second-order valence-electron chi connectivity index (χ2n) is 4.19. The Hall–Kier alpha value is -0.500. The van der Waals surface area contributed by atoms with Crippen LogP contribution in [0.25, 0.3) is 0 Å². The fraction of sp³-hybridized carbons (Fsp3) is 0.143. The van der Waals surface area contributed by atoms with Crippen molar-refractivity contribution in [2.45, 2.75) is 12.5 Å². The van der Waals surface area contributed by atoms with E-state index in [1.54, 1.807) is 12.1 Å². The number of halogens is 3. The van der Waals surface area contributed by atoms with Gasteiger partial charge < -0.3 is 0 Å². The van der Waals surface area contributed by atoms with Crippen molar-refractivity contribution in [1.29, 1.82) is 0 Å². The summed E-state index contributed by atoms with van der Waals surface area (Å²) in [5, 5.41) is 0. The Morgan fingerprint density at radius 3 is 2.63 bits per heavy atom. The highest BCUT2D eigenvalue weighted by atomic mass is 127. The van der Waals surface area contributed by atoms with E-state index < -0.39 is 0 Å². The summed E-state index contributed by atoms with van der Waals surface area (Å²) in [5.74, 6) is 5.40. The number of hydrazine groups is 1. The number of nitrogens with one attached hydrogen (secondary N) is 1. The standard InChI is InChI=1S/C14H13BrFIN2/c15-11-7-9(5-6-12(11)16)8-14(19-18)10-3-1-2-4-13(10)17/h1-7,14,19H,8,18H2. The largest absolute Gasteiger partial charge is 0.271 e. The number of nitrogens with two attached hydrogens (primary N) is 1. The molecule has 0 aliphatic rings. The summed E-state index contributed by atoms with van der Waals surface area (Å²) in [5.41, 5.74) is 5.00. The molecule has 0 fully saturated rings. The predicted molar refractivity (Wildman–Crippen MR) is 87.0 cm³/mol. The van der Waals surface area contributed by atoms with Gasteiger partial charge in [-0.2, -0.15) is 0 Å². The number of hydrogen-bond donors (Lipinski definition) is 2. The van der Waals surface area contributed by atoms with Gasteiger partial charge in [-0.05, 0) is 74.3 Å². The van der Waals surface area contributed by atoms with Crippen LogP contribution in [0.15, 0.2) is 46.9 Å². The van der Waals surface area contributed by atoms with E-state index in [2.05, 4.69) is 43.9 Å². The van der Waals surface area contributed by atoms with Gasteiger partial charge in [-0.3, -0.25) is 11.3 Å². The summed E-state index contributed by atoms with van der Waals surface area (Å²) in [7, 11) is 0. The summed E-state index contributed by atoms with van der Waals surface area (Å²) < 4.78 is 14.8. The van der Waals surface area contributed by atoms with Crippen LogP contribution in [0.1, 0.15) is 17.2 Å². The van der Waals surface area contributed by atoms with Gasteiger partial charge in [0.15, 0.2) is 0 Å². The zero-order valence-corrected chi connectivity index (χ0v) is 13.8. The van der Waals surface area contributed by atoms with Gasteiger partial charge in [-0.15, -0.1) is 0 Å². The molecule has 0 saturated heterocycles. The predicted octanol–water partition coefficient (Wildman–Crippen LogP) is 3.94. The molecule has 0 bridgehead atoms. The molecule has 0 radical (unpaired) electrons. The van der Waals surface area contributed by atoms with Crippen LogP contribution in [-0.2, 0) is 6.42 Å². The van der Waals surface area contributed by atoms with Crippen molar-refractivity contribution in [3.05, 3.63) is 67.5 Å². The maximum absolute atomic E-state index is 13.2. The van der Waals surface area contributed by atoms with Crippen molar-refractivity contribution in [3.63, 3.8) is 0 Å². The first-order valence-corrected chi connectivity index (χ1v) is 7.63. The molecule has 100 valence electrons. The molecule has 0 aliphatic heterocycles. The molecule has 0 aromatic heterocycles. The van der Waals surface area contributed by atoms with E-state index in [9.17, 15) is 4.39 Å². The summed E-state index contributed by atoms with van der Waals surface area (Å²) in [4.78, 5) is 0. The average molecular weight is 435 g/mol. The number of hydrogen-bond acceptors (Lipinski definition) is 2. The van der Waals surface area contributed by atoms with Gasteiger partial charge in [0.05, 0.1) is 10.5 Å². The van der Waals surface area contributed by atoms with Crippen molar-refractivity contribution in [2.75, 3.05) is 0 Å². The fourth-order valence-corrected chi connectivity index (χ4v) is 3.11. The lowest BCUT2D eigenvalue weighted by atomic mass is 9.99. The minimum absolute atomic E-state index is 0.00506. The Labute approximate surface area is 133 Å². The maximum Gasteiger partial charge on any atom is 0.137 e. The van der Waals surface area contributed by atoms with Crippen LogP contribution in [0.2, 0.25) is 0 Å². The van der Waals surface area contributed by atoms with Crippen LogP contribution in [0.5, 0.6) is 0 Å². The zero-order valence-electron chi connectivity index (χ0n) is 10.0. The topological polar surface area (TPSA) is 38.0 Å². The van der Waals surface area contributed by atoms with Gasteiger partial charge in [0, 0.05) is 3.57 Å². The second-order valence-corrected chi connectivity index (χ2v) is 6.21. The summed E-state index contributed by atoms with van der Waals surface area (Å²) >= 11 is 5.49. The van der Waals surface area contributed by atoms with E-state index in [0.29, 0.717) is 10.9 Å². The second kappa shape index (κ2) is 6.78. The van der Waals surface area contributed by atoms with Gasteiger partial charge >= 0.3 is 0 Å². The smallest absolute Gasteiger partial charge is 0.137 e. The Balaban J connectivity index is 2.24. The third-order valence-corrected chi connectivity index (χ3v) is 4.50. The van der Waals surface area contributed by atoms with Gasteiger partial charge in [-0.1, -0.05) is 24.3 Å². The molecule has 2 rings (SSSR count). The number of rotatable bonds is 4. The van der Waals surface area contributed by atoms with Crippen molar-refractivity contribution >= 4 is 38.5 Å². The Kier molecular flexibility index (Phi) is 5.32. The lowest BCUT2D eigenvalue weighted by Gasteiger charge is -2.18. The first-order chi connectivity index (χ1) is 9.11. The van der Waals surface area contributed by atoms with E-state index in [4.69, 9.17) is 5.84 Å². The molecule has 3 N–H and O–H groups in total. The monoisotopic (exact) mass is 434 g/mol. The molecule has 0 heterocycles. The van der Waals surface area contributed by atoms with Gasteiger partial charge in [0.2, 0.25) is 0 Å². The molecule has 0 spiro atoms. The summed E-state index contributed by atoms with van der Waals surface area (Å²) in [6, 6.07) is 13.1. The molecule has 5 heteroatoms. The third-order valence-electron chi connectivity index (χ3n) is 2.91. The molecule has 1 unspecified atom stereocenters. The first-order valence-electron chi connectivity index (χ1n) is 5.76. The molecule has 0 aliphatic carbocycles. The van der Waals surface area contributed by atoms with E-state index in [1.807, 2.05) is 24.3 Å². The molecule has 1 atom stereocenters. The highest BCUT2D eigenvalue weighted by Crippen LogP contribution is 2.25. The summed E-state index contributed by atoms with van der Waals surface area (Å²) in [6.07, 6.45) is 0.704. The van der Waals surface area contributed by atoms with E-state index in [-0.39, 0.29) is 11.9 Å². The van der Waals surface area contributed by atoms with Crippen LogP contribution in [0.4, 0.5) is 4.39 Å². The van der Waals surface area contributed by atoms with E-state index >= 15 is 0 Å². The molecular formula is C14H13BrFIN2. The quantitative estimate of drug-likeness (QED) is 0.434. The fourth-order valence-electron chi connectivity index (χ4n) is 1.92. The van der Waals surface area contributed by atoms with Gasteiger partial charge in [-0.25, -0.2) is 4.39 Å². The normalized spacial score (nSPS) is 12.4. The number of benzene rings is 2. The maximum atomic E-state index is 13.2. The minimum Gasteiger partial charge on any atom is -0.271 e. The van der Waals surface area contributed by atoms with Gasteiger partial charge in [0.1, 0.15) is 5.82 Å². The van der Waals surface area contributed by atoms with Crippen LogP contribution in [0, 0.1) is 9.39 Å². The van der Waals surface area contributed by atoms with Gasteiger partial charge in [0.25, 0.3) is 0 Å². The molecule has 2 nitrogen and oxygen atoms in total. The lowest BCUT2D eigenvalue weighted by molar-refractivity contribution is 0.548. The minimum atomic E-state index is -0.254. The highest BCUT2D eigenvalue weighted by Gasteiger charge is 2.14. The average Bonchev–Trinajstić information content (AvgIpc) is 2.41. The van der Waals surface area contributed by atoms with Crippen LogP contribution < -0.4 is 11.3 Å². The van der Waals surface area contributed by atoms with E-state index in [1.165, 1.54) is 6.07 Å². The van der Waals surface area contributed by atoms with Crippen molar-refractivity contribution in [3.8, 4) is 0 Å². The molecular weight excluding hydrogens is 422 g/mol. The first kappa shape index (κ1) is 14.9. The summed E-state index contributed by atoms with van der Waals surface area (Å²) in [6.45, 7) is 0. The Bertz CT molecular complexity index is 577.